The Morgan fingerprint density at radius 1 is 1.35 bits per heavy atom. The summed E-state index contributed by atoms with van der Waals surface area (Å²) in [5, 5.41) is 6.55. The lowest BCUT2D eigenvalue weighted by Crippen LogP contribution is -2.47. The number of amides is 1. The maximum atomic E-state index is 11.9. The summed E-state index contributed by atoms with van der Waals surface area (Å²) in [6.45, 7) is 3.82. The van der Waals surface area contributed by atoms with Crippen LogP contribution in [0.25, 0.3) is 0 Å². The normalized spacial score (nSPS) is 23.9. The first-order chi connectivity index (χ1) is 9.74. The van der Waals surface area contributed by atoms with Gasteiger partial charge in [0, 0.05) is 12.1 Å². The maximum Gasteiger partial charge on any atom is 0.243 e. The quantitative estimate of drug-likeness (QED) is 0.888. The van der Waals surface area contributed by atoms with Gasteiger partial charge < -0.3 is 15.5 Å². The van der Waals surface area contributed by atoms with Crippen molar-refractivity contribution in [1.82, 2.24) is 5.32 Å². The van der Waals surface area contributed by atoms with Crippen LogP contribution >= 0.6 is 0 Å². The van der Waals surface area contributed by atoms with Crippen LogP contribution in [0.4, 0.5) is 11.4 Å². The van der Waals surface area contributed by atoms with Crippen LogP contribution in [0, 0.1) is 0 Å². The number of rotatable bonds is 3. The third-order valence-electron chi connectivity index (χ3n) is 4.37. The second-order valence-electron chi connectivity index (χ2n) is 5.92. The predicted octanol–water partition coefficient (Wildman–Crippen LogP) is 2.37. The van der Waals surface area contributed by atoms with Gasteiger partial charge in [0.05, 0.1) is 17.9 Å². The third-order valence-corrected chi connectivity index (χ3v) is 4.37. The molecule has 1 saturated heterocycles. The fourth-order valence-corrected chi connectivity index (χ4v) is 3.32. The zero-order valence-electron chi connectivity index (χ0n) is 12.1. The molecule has 0 spiro atoms. The van der Waals surface area contributed by atoms with Gasteiger partial charge in [-0.05, 0) is 44.9 Å². The monoisotopic (exact) mass is 273 g/mol. The molecule has 108 valence electrons. The zero-order chi connectivity index (χ0) is 13.9. The van der Waals surface area contributed by atoms with Crippen LogP contribution in [-0.4, -0.2) is 31.1 Å². The van der Waals surface area contributed by atoms with E-state index in [1.807, 2.05) is 18.2 Å². The molecule has 0 saturated carbocycles. The smallest absolute Gasteiger partial charge is 0.243 e. The van der Waals surface area contributed by atoms with Gasteiger partial charge in [0.15, 0.2) is 0 Å². The number of carbonyl (C=O) groups excluding carboxylic acids is 1. The van der Waals surface area contributed by atoms with Crippen molar-refractivity contribution in [2.75, 3.05) is 23.3 Å². The van der Waals surface area contributed by atoms with E-state index in [4.69, 9.17) is 0 Å². The molecule has 0 bridgehead atoms. The molecule has 4 nitrogen and oxygen atoms in total. The molecule has 4 heteroatoms. The molecule has 2 atom stereocenters. The molecule has 0 aliphatic carbocycles. The van der Waals surface area contributed by atoms with Gasteiger partial charge in [0.25, 0.3) is 0 Å². The first kappa shape index (κ1) is 13.4. The van der Waals surface area contributed by atoms with E-state index in [1.54, 1.807) is 0 Å². The molecule has 2 aliphatic rings. The first-order valence-electron chi connectivity index (χ1n) is 7.63. The van der Waals surface area contributed by atoms with Crippen molar-refractivity contribution in [3.05, 3.63) is 24.3 Å². The number of fused-ring (bicyclic) bond motifs is 1. The fourth-order valence-electron chi connectivity index (χ4n) is 3.32. The molecule has 1 amide bonds. The molecule has 1 fully saturated rings. The maximum absolute atomic E-state index is 11.9. The number of anilines is 2. The number of nitrogens with one attached hydrogen (secondary N) is 2. The lowest BCUT2D eigenvalue weighted by molar-refractivity contribution is -0.115. The van der Waals surface area contributed by atoms with Crippen LogP contribution < -0.4 is 15.5 Å². The largest absolute Gasteiger partial charge is 0.358 e. The standard InChI is InChI=1S/C16H23N3O/c1-12(10-13-6-4-5-9-17-13)19-11-16(20)18-14-7-2-3-8-15(14)19/h2-3,7-8,12-13,17H,4-6,9-11H2,1H3,(H,18,20). The van der Waals surface area contributed by atoms with Crippen LogP contribution in [0.15, 0.2) is 24.3 Å². The molecule has 1 aromatic carbocycles. The van der Waals surface area contributed by atoms with E-state index in [0.717, 1.165) is 24.3 Å². The lowest BCUT2D eigenvalue weighted by atomic mass is 9.97. The van der Waals surface area contributed by atoms with Crippen LogP contribution in [-0.2, 0) is 4.79 Å². The van der Waals surface area contributed by atoms with Crippen molar-refractivity contribution < 1.29 is 4.79 Å². The molecular weight excluding hydrogens is 250 g/mol. The molecule has 2 N–H and O–H groups in total. The molecule has 1 aromatic rings. The summed E-state index contributed by atoms with van der Waals surface area (Å²) >= 11 is 0. The molecular formula is C16H23N3O. The van der Waals surface area contributed by atoms with Gasteiger partial charge in [-0.1, -0.05) is 18.6 Å². The van der Waals surface area contributed by atoms with Gasteiger partial charge in [0.1, 0.15) is 0 Å². The van der Waals surface area contributed by atoms with Crippen LogP contribution in [0.5, 0.6) is 0 Å². The highest BCUT2D eigenvalue weighted by molar-refractivity contribution is 6.01. The summed E-state index contributed by atoms with van der Waals surface area (Å²) in [7, 11) is 0. The van der Waals surface area contributed by atoms with E-state index in [2.05, 4.69) is 28.5 Å². The zero-order valence-corrected chi connectivity index (χ0v) is 12.1. The summed E-state index contributed by atoms with van der Waals surface area (Å²) in [5.41, 5.74) is 2.09. The Balaban J connectivity index is 1.73. The van der Waals surface area contributed by atoms with Gasteiger partial charge in [-0.25, -0.2) is 0 Å². The minimum absolute atomic E-state index is 0.0900. The van der Waals surface area contributed by atoms with Crippen LogP contribution in [0.1, 0.15) is 32.6 Å². The lowest BCUT2D eigenvalue weighted by Gasteiger charge is -2.38. The van der Waals surface area contributed by atoms with Crippen molar-refractivity contribution in [2.24, 2.45) is 0 Å². The Morgan fingerprint density at radius 2 is 2.20 bits per heavy atom. The molecule has 2 unspecified atom stereocenters. The van der Waals surface area contributed by atoms with Gasteiger partial charge in [-0.15, -0.1) is 0 Å². The highest BCUT2D eigenvalue weighted by Gasteiger charge is 2.27. The molecule has 0 radical (unpaired) electrons. The minimum atomic E-state index is 0.0900. The average Bonchev–Trinajstić information content (AvgIpc) is 2.47. The molecule has 3 rings (SSSR count). The van der Waals surface area contributed by atoms with Crippen LogP contribution in [0.3, 0.4) is 0 Å². The number of benzene rings is 1. The van der Waals surface area contributed by atoms with Crippen LogP contribution in [0.2, 0.25) is 0 Å². The Labute approximate surface area is 120 Å². The van der Waals surface area contributed by atoms with Crippen molar-refractivity contribution in [1.29, 1.82) is 0 Å². The Morgan fingerprint density at radius 3 is 3.00 bits per heavy atom. The molecule has 20 heavy (non-hydrogen) atoms. The molecule has 2 heterocycles. The summed E-state index contributed by atoms with van der Waals surface area (Å²) in [6.07, 6.45) is 4.97. The number of hydrogen-bond acceptors (Lipinski definition) is 3. The van der Waals surface area contributed by atoms with E-state index >= 15 is 0 Å². The number of carbonyl (C=O) groups is 1. The van der Waals surface area contributed by atoms with Crippen molar-refractivity contribution in [3.63, 3.8) is 0 Å². The van der Waals surface area contributed by atoms with Gasteiger partial charge in [0.2, 0.25) is 5.91 Å². The SMILES string of the molecule is CC(CC1CCCCN1)N1CC(=O)Nc2ccccc21. The molecule has 2 aliphatic heterocycles. The Bertz CT molecular complexity index is 482. The third kappa shape index (κ3) is 2.80. The number of para-hydroxylation sites is 2. The summed E-state index contributed by atoms with van der Waals surface area (Å²) in [5.74, 6) is 0.0900. The summed E-state index contributed by atoms with van der Waals surface area (Å²) < 4.78 is 0. The Hall–Kier alpha value is -1.55. The van der Waals surface area contributed by atoms with E-state index in [-0.39, 0.29) is 5.91 Å². The average molecular weight is 273 g/mol. The van der Waals surface area contributed by atoms with Crippen molar-refractivity contribution in [3.8, 4) is 0 Å². The van der Waals surface area contributed by atoms with Gasteiger partial charge in [-0.3, -0.25) is 4.79 Å². The minimum Gasteiger partial charge on any atom is -0.358 e. The number of nitrogens with zero attached hydrogens (tertiary/aromatic N) is 1. The number of piperidine rings is 1. The number of hydrogen-bond donors (Lipinski definition) is 2. The Kier molecular flexibility index (Phi) is 3.92. The van der Waals surface area contributed by atoms with E-state index in [9.17, 15) is 4.79 Å². The predicted molar refractivity (Wildman–Crippen MR) is 82.1 cm³/mol. The van der Waals surface area contributed by atoms with E-state index < -0.39 is 0 Å². The second-order valence-corrected chi connectivity index (χ2v) is 5.92. The van der Waals surface area contributed by atoms with Gasteiger partial charge >= 0.3 is 0 Å². The summed E-state index contributed by atoms with van der Waals surface area (Å²) in [4.78, 5) is 14.1. The van der Waals surface area contributed by atoms with Crippen molar-refractivity contribution in [2.45, 2.75) is 44.7 Å². The topological polar surface area (TPSA) is 44.4 Å². The second kappa shape index (κ2) is 5.83. The summed E-state index contributed by atoms with van der Waals surface area (Å²) in [6, 6.07) is 9.05. The van der Waals surface area contributed by atoms with E-state index in [0.29, 0.717) is 18.6 Å². The molecule has 0 aromatic heterocycles. The highest BCUT2D eigenvalue weighted by Crippen LogP contribution is 2.31. The van der Waals surface area contributed by atoms with Gasteiger partial charge in [-0.2, -0.15) is 0 Å². The van der Waals surface area contributed by atoms with E-state index in [1.165, 1.54) is 19.3 Å². The van der Waals surface area contributed by atoms with Crippen molar-refractivity contribution >= 4 is 17.3 Å². The first-order valence-corrected chi connectivity index (χ1v) is 7.63. The fraction of sp³-hybridized carbons (Fsp3) is 0.562. The highest BCUT2D eigenvalue weighted by atomic mass is 16.2.